The number of amides is 2. The molecule has 0 spiro atoms. The third kappa shape index (κ3) is 5.43. The minimum absolute atomic E-state index is 0.00927. The van der Waals surface area contributed by atoms with E-state index < -0.39 is 27.3 Å². The molecular weight excluding hydrogens is 404 g/mol. The summed E-state index contributed by atoms with van der Waals surface area (Å²) in [7, 11) is -0.861. The van der Waals surface area contributed by atoms with Crippen LogP contribution in [0.5, 0.6) is 0 Å². The Morgan fingerprint density at radius 3 is 2.30 bits per heavy atom. The molecule has 0 bridgehead atoms. The number of carbonyl (C=O) groups is 2. The molecule has 0 saturated carbocycles. The zero-order valence-electron chi connectivity index (χ0n) is 17.3. The predicted molar refractivity (Wildman–Crippen MR) is 113 cm³/mol. The molecule has 30 heavy (non-hydrogen) atoms. The number of nitrogens with zero attached hydrogens (tertiary/aromatic N) is 2. The summed E-state index contributed by atoms with van der Waals surface area (Å²) < 4.78 is 25.4. The fourth-order valence-corrected chi connectivity index (χ4v) is 3.46. The van der Waals surface area contributed by atoms with E-state index in [0.29, 0.717) is 5.69 Å². The van der Waals surface area contributed by atoms with E-state index in [0.717, 1.165) is 9.87 Å². The maximum Gasteiger partial charge on any atom is 0.251 e. The highest BCUT2D eigenvalue weighted by Gasteiger charge is 2.20. The first-order chi connectivity index (χ1) is 14.0. The van der Waals surface area contributed by atoms with E-state index in [2.05, 4.69) is 16.7 Å². The number of nitrogens with one attached hydrogen (secondary N) is 2. The number of benzene rings is 2. The van der Waals surface area contributed by atoms with Crippen LogP contribution in [0.15, 0.2) is 53.4 Å². The average Bonchev–Trinajstić information content (AvgIpc) is 2.72. The number of rotatable bonds is 7. The molecule has 158 valence electrons. The Kier molecular flexibility index (Phi) is 6.97. The van der Waals surface area contributed by atoms with Gasteiger partial charge in [-0.15, -0.1) is 0 Å². The maximum absolute atomic E-state index is 12.3. The average molecular weight is 429 g/mol. The van der Waals surface area contributed by atoms with Gasteiger partial charge < -0.3 is 10.6 Å². The number of nitriles is 1. The zero-order chi connectivity index (χ0) is 22.5. The SMILES string of the molecule is CN(C)S(=O)(=O)c1cccc(C(=O)NCC(=O)Nc2ccc(C(C)(C)C#N)cc2)c1. The molecule has 9 heteroatoms. The molecule has 2 rings (SSSR count). The second kappa shape index (κ2) is 9.07. The van der Waals surface area contributed by atoms with E-state index in [4.69, 9.17) is 0 Å². The number of hydrogen-bond acceptors (Lipinski definition) is 5. The molecule has 0 unspecified atom stereocenters. The summed E-state index contributed by atoms with van der Waals surface area (Å²) in [5.74, 6) is -1.00. The molecular formula is C21H24N4O4S. The second-order valence-corrected chi connectivity index (χ2v) is 9.51. The summed E-state index contributed by atoms with van der Waals surface area (Å²) in [6.45, 7) is 3.32. The molecule has 0 radical (unpaired) electrons. The summed E-state index contributed by atoms with van der Waals surface area (Å²) in [5.41, 5.74) is 0.856. The van der Waals surface area contributed by atoms with Crippen LogP contribution in [0, 0.1) is 11.3 Å². The van der Waals surface area contributed by atoms with Gasteiger partial charge in [0.1, 0.15) is 0 Å². The first-order valence-corrected chi connectivity index (χ1v) is 10.5. The minimum atomic E-state index is -3.67. The van der Waals surface area contributed by atoms with Crippen molar-refractivity contribution in [2.45, 2.75) is 24.2 Å². The Labute approximate surface area is 176 Å². The Morgan fingerprint density at radius 2 is 1.73 bits per heavy atom. The molecule has 0 fully saturated rings. The second-order valence-electron chi connectivity index (χ2n) is 7.36. The fraction of sp³-hybridized carbons (Fsp3) is 0.286. The Balaban J connectivity index is 1.99. The smallest absolute Gasteiger partial charge is 0.251 e. The number of hydrogen-bond donors (Lipinski definition) is 2. The van der Waals surface area contributed by atoms with Crippen LogP contribution in [-0.2, 0) is 20.2 Å². The normalized spacial score (nSPS) is 11.6. The van der Waals surface area contributed by atoms with Crippen molar-refractivity contribution in [3.63, 3.8) is 0 Å². The largest absolute Gasteiger partial charge is 0.343 e. The van der Waals surface area contributed by atoms with Gasteiger partial charge >= 0.3 is 0 Å². The Bertz CT molecular complexity index is 1080. The lowest BCUT2D eigenvalue weighted by Gasteiger charge is -2.16. The highest BCUT2D eigenvalue weighted by Crippen LogP contribution is 2.23. The van der Waals surface area contributed by atoms with Gasteiger partial charge in [-0.05, 0) is 49.7 Å². The molecule has 2 aromatic carbocycles. The Morgan fingerprint density at radius 1 is 1.10 bits per heavy atom. The summed E-state index contributed by atoms with van der Waals surface area (Å²) in [4.78, 5) is 24.4. The quantitative estimate of drug-likeness (QED) is 0.700. The van der Waals surface area contributed by atoms with Gasteiger partial charge in [0.25, 0.3) is 5.91 Å². The van der Waals surface area contributed by atoms with Gasteiger partial charge in [-0.25, -0.2) is 12.7 Å². The molecule has 0 aliphatic rings. The van der Waals surface area contributed by atoms with Crippen molar-refractivity contribution in [1.82, 2.24) is 9.62 Å². The van der Waals surface area contributed by atoms with Crippen molar-refractivity contribution >= 4 is 27.5 Å². The van der Waals surface area contributed by atoms with Crippen molar-refractivity contribution in [1.29, 1.82) is 5.26 Å². The lowest BCUT2D eigenvalue weighted by atomic mass is 9.86. The predicted octanol–water partition coefficient (Wildman–Crippen LogP) is 2.11. The molecule has 2 amide bonds. The van der Waals surface area contributed by atoms with Crippen LogP contribution in [0.1, 0.15) is 29.8 Å². The molecule has 8 nitrogen and oxygen atoms in total. The highest BCUT2D eigenvalue weighted by atomic mass is 32.2. The van der Waals surface area contributed by atoms with Crippen LogP contribution >= 0.6 is 0 Å². The standard InChI is InChI=1S/C21H24N4O4S/c1-21(2,14-22)16-8-10-17(11-9-16)24-19(26)13-23-20(27)15-6-5-7-18(12-15)30(28,29)25(3)4/h5-12H,13H2,1-4H3,(H,23,27)(H,24,26). The van der Waals surface area contributed by atoms with Gasteiger partial charge in [-0.2, -0.15) is 5.26 Å². The highest BCUT2D eigenvalue weighted by molar-refractivity contribution is 7.89. The topological polar surface area (TPSA) is 119 Å². The number of anilines is 1. The summed E-state index contributed by atoms with van der Waals surface area (Å²) in [5, 5.41) is 14.3. The molecule has 0 heterocycles. The Hall–Kier alpha value is -3.22. The van der Waals surface area contributed by atoms with Gasteiger partial charge in [0.05, 0.1) is 22.9 Å². The zero-order valence-corrected chi connectivity index (χ0v) is 18.1. The monoisotopic (exact) mass is 428 g/mol. The first kappa shape index (κ1) is 23.1. The third-order valence-corrected chi connectivity index (χ3v) is 6.27. The van der Waals surface area contributed by atoms with Crippen molar-refractivity contribution < 1.29 is 18.0 Å². The minimum Gasteiger partial charge on any atom is -0.343 e. The van der Waals surface area contributed by atoms with Crippen LogP contribution in [0.3, 0.4) is 0 Å². The van der Waals surface area contributed by atoms with Gasteiger partial charge in [0.2, 0.25) is 15.9 Å². The number of carbonyl (C=O) groups excluding carboxylic acids is 2. The van der Waals surface area contributed by atoms with E-state index in [-0.39, 0.29) is 17.0 Å². The molecule has 2 N–H and O–H groups in total. The van der Waals surface area contributed by atoms with E-state index in [1.165, 1.54) is 38.4 Å². The van der Waals surface area contributed by atoms with Gasteiger partial charge in [0, 0.05) is 25.3 Å². The maximum atomic E-state index is 12.3. The third-order valence-electron chi connectivity index (χ3n) is 4.45. The lowest BCUT2D eigenvalue weighted by Crippen LogP contribution is -2.33. The lowest BCUT2D eigenvalue weighted by molar-refractivity contribution is -0.115. The van der Waals surface area contributed by atoms with Crippen molar-refractivity contribution in [3.8, 4) is 6.07 Å². The van der Waals surface area contributed by atoms with Gasteiger partial charge in [-0.1, -0.05) is 18.2 Å². The van der Waals surface area contributed by atoms with Gasteiger partial charge in [-0.3, -0.25) is 9.59 Å². The van der Waals surface area contributed by atoms with Crippen LogP contribution in [0.2, 0.25) is 0 Å². The van der Waals surface area contributed by atoms with E-state index in [1.54, 1.807) is 38.1 Å². The molecule has 0 atom stereocenters. The molecule has 2 aromatic rings. The van der Waals surface area contributed by atoms with Gasteiger partial charge in [0.15, 0.2) is 0 Å². The molecule has 0 aliphatic carbocycles. The summed E-state index contributed by atoms with van der Waals surface area (Å²) in [6, 6.07) is 14.7. The van der Waals surface area contributed by atoms with E-state index >= 15 is 0 Å². The van der Waals surface area contributed by atoms with Crippen LogP contribution in [-0.4, -0.2) is 45.2 Å². The molecule has 0 saturated heterocycles. The van der Waals surface area contributed by atoms with E-state index in [1.807, 2.05) is 0 Å². The van der Waals surface area contributed by atoms with Crippen LogP contribution in [0.25, 0.3) is 0 Å². The van der Waals surface area contributed by atoms with Crippen molar-refractivity contribution in [3.05, 3.63) is 59.7 Å². The van der Waals surface area contributed by atoms with Crippen molar-refractivity contribution in [2.24, 2.45) is 0 Å². The van der Waals surface area contributed by atoms with Crippen LogP contribution in [0.4, 0.5) is 5.69 Å². The first-order valence-electron chi connectivity index (χ1n) is 9.10. The summed E-state index contributed by atoms with van der Waals surface area (Å²) >= 11 is 0. The van der Waals surface area contributed by atoms with Crippen LogP contribution < -0.4 is 10.6 Å². The molecule has 0 aliphatic heterocycles. The fourth-order valence-electron chi connectivity index (χ4n) is 2.51. The van der Waals surface area contributed by atoms with Crippen molar-refractivity contribution in [2.75, 3.05) is 26.0 Å². The molecule has 0 aromatic heterocycles. The summed E-state index contributed by atoms with van der Waals surface area (Å²) in [6.07, 6.45) is 0. The number of sulfonamides is 1. The van der Waals surface area contributed by atoms with E-state index in [9.17, 15) is 23.3 Å².